The van der Waals surface area contributed by atoms with E-state index in [2.05, 4.69) is 15.5 Å². The minimum atomic E-state index is -0.840. The monoisotopic (exact) mass is 393 g/mol. The van der Waals surface area contributed by atoms with Crippen LogP contribution in [0.1, 0.15) is 20.8 Å². The van der Waals surface area contributed by atoms with Gasteiger partial charge in [0, 0.05) is 29.4 Å². The number of urea groups is 1. The SMILES string of the molecule is CCn1c(SCCN2C(=O)NC(C)(C)C2=O)nnc1-c1ccc(Cl)cc1. The third kappa shape index (κ3) is 3.57. The van der Waals surface area contributed by atoms with Gasteiger partial charge in [-0.15, -0.1) is 10.2 Å². The predicted molar refractivity (Wildman–Crippen MR) is 101 cm³/mol. The predicted octanol–water partition coefficient (Wildman–Crippen LogP) is 3.04. The van der Waals surface area contributed by atoms with Crippen LogP contribution in [0, 0.1) is 0 Å². The van der Waals surface area contributed by atoms with E-state index in [0.29, 0.717) is 23.9 Å². The summed E-state index contributed by atoms with van der Waals surface area (Å²) in [5, 5.41) is 12.6. The van der Waals surface area contributed by atoms with E-state index in [-0.39, 0.29) is 11.9 Å². The van der Waals surface area contributed by atoms with E-state index >= 15 is 0 Å². The fourth-order valence-electron chi connectivity index (χ4n) is 2.74. The largest absolute Gasteiger partial charge is 0.325 e. The summed E-state index contributed by atoms with van der Waals surface area (Å²) in [6, 6.07) is 7.10. The number of rotatable bonds is 6. The number of amides is 3. The molecule has 2 heterocycles. The summed E-state index contributed by atoms with van der Waals surface area (Å²) in [4.78, 5) is 25.4. The minimum absolute atomic E-state index is 0.207. The lowest BCUT2D eigenvalue weighted by atomic mass is 10.1. The highest BCUT2D eigenvalue weighted by Gasteiger charge is 2.43. The van der Waals surface area contributed by atoms with Crippen LogP contribution >= 0.6 is 23.4 Å². The van der Waals surface area contributed by atoms with Crippen molar-refractivity contribution in [3.63, 3.8) is 0 Å². The maximum atomic E-state index is 12.2. The molecule has 9 heteroatoms. The van der Waals surface area contributed by atoms with Crippen molar-refractivity contribution in [2.45, 2.75) is 38.0 Å². The minimum Gasteiger partial charge on any atom is -0.324 e. The van der Waals surface area contributed by atoms with E-state index in [1.165, 1.54) is 16.7 Å². The van der Waals surface area contributed by atoms with Gasteiger partial charge in [-0.2, -0.15) is 0 Å². The van der Waals surface area contributed by atoms with Crippen molar-refractivity contribution in [2.24, 2.45) is 0 Å². The van der Waals surface area contributed by atoms with Crippen LogP contribution in [-0.4, -0.2) is 49.4 Å². The smallest absolute Gasteiger partial charge is 0.324 e. The Morgan fingerprint density at radius 1 is 1.19 bits per heavy atom. The molecule has 0 bridgehead atoms. The van der Waals surface area contributed by atoms with E-state index in [1.54, 1.807) is 13.8 Å². The Hall–Kier alpha value is -2.06. The second kappa shape index (κ2) is 7.28. The normalized spacial score (nSPS) is 16.2. The Bertz CT molecular complexity index is 834. The molecular formula is C17H20ClN5O2S. The zero-order valence-electron chi connectivity index (χ0n) is 14.8. The number of carbonyl (C=O) groups is 2. The van der Waals surface area contributed by atoms with E-state index in [1.807, 2.05) is 35.8 Å². The molecule has 0 aliphatic carbocycles. The summed E-state index contributed by atoms with van der Waals surface area (Å²) in [6.45, 7) is 6.46. The highest BCUT2D eigenvalue weighted by atomic mass is 35.5. The number of imide groups is 1. The Morgan fingerprint density at radius 3 is 2.46 bits per heavy atom. The lowest BCUT2D eigenvalue weighted by Crippen LogP contribution is -2.40. The molecule has 138 valence electrons. The molecular weight excluding hydrogens is 374 g/mol. The van der Waals surface area contributed by atoms with Crippen LogP contribution < -0.4 is 5.32 Å². The van der Waals surface area contributed by atoms with Gasteiger partial charge in [-0.3, -0.25) is 9.69 Å². The summed E-state index contributed by atoms with van der Waals surface area (Å²) in [6.07, 6.45) is 0. The van der Waals surface area contributed by atoms with Crippen molar-refractivity contribution in [1.29, 1.82) is 0 Å². The topological polar surface area (TPSA) is 80.1 Å². The van der Waals surface area contributed by atoms with E-state index in [4.69, 9.17) is 11.6 Å². The molecule has 1 aromatic heterocycles. The fraction of sp³-hybridized carbons (Fsp3) is 0.412. The molecule has 1 aliphatic rings. The molecule has 7 nitrogen and oxygen atoms in total. The Labute approximate surface area is 161 Å². The van der Waals surface area contributed by atoms with Crippen LogP contribution in [0.15, 0.2) is 29.4 Å². The van der Waals surface area contributed by atoms with Crippen LogP contribution in [0.25, 0.3) is 11.4 Å². The average Bonchev–Trinajstić information content (AvgIpc) is 3.08. The lowest BCUT2D eigenvalue weighted by Gasteiger charge is -2.15. The molecule has 1 N–H and O–H groups in total. The summed E-state index contributed by atoms with van der Waals surface area (Å²) >= 11 is 7.41. The van der Waals surface area contributed by atoms with Crippen LogP contribution in [0.4, 0.5) is 4.79 Å². The number of carbonyl (C=O) groups excluding carboxylic acids is 2. The second-order valence-electron chi connectivity index (χ2n) is 6.42. The number of nitrogens with one attached hydrogen (secondary N) is 1. The van der Waals surface area contributed by atoms with Gasteiger partial charge in [0.15, 0.2) is 11.0 Å². The Kier molecular flexibility index (Phi) is 5.24. The average molecular weight is 394 g/mol. The highest BCUT2D eigenvalue weighted by molar-refractivity contribution is 7.99. The van der Waals surface area contributed by atoms with Crippen molar-refractivity contribution in [3.8, 4) is 11.4 Å². The fourth-order valence-corrected chi connectivity index (χ4v) is 3.79. The molecule has 0 atom stereocenters. The lowest BCUT2D eigenvalue weighted by molar-refractivity contribution is -0.130. The van der Waals surface area contributed by atoms with E-state index in [0.717, 1.165) is 16.5 Å². The molecule has 1 aromatic carbocycles. The summed E-state index contributed by atoms with van der Waals surface area (Å²) < 4.78 is 2.00. The summed E-state index contributed by atoms with van der Waals surface area (Å²) in [5.41, 5.74) is 0.0962. The molecule has 3 rings (SSSR count). The van der Waals surface area contributed by atoms with Crippen LogP contribution in [0.3, 0.4) is 0 Å². The van der Waals surface area contributed by atoms with Gasteiger partial charge in [0.1, 0.15) is 5.54 Å². The van der Waals surface area contributed by atoms with Gasteiger partial charge in [-0.05, 0) is 45.0 Å². The first kappa shape index (κ1) is 18.7. The number of benzene rings is 1. The summed E-state index contributed by atoms with van der Waals surface area (Å²) in [7, 11) is 0. The van der Waals surface area contributed by atoms with Gasteiger partial charge in [0.2, 0.25) is 0 Å². The third-order valence-corrected chi connectivity index (χ3v) is 5.32. The zero-order chi connectivity index (χ0) is 18.9. The van der Waals surface area contributed by atoms with E-state index < -0.39 is 5.54 Å². The molecule has 26 heavy (non-hydrogen) atoms. The molecule has 2 aromatic rings. The molecule has 0 saturated carbocycles. The number of halogens is 1. The van der Waals surface area contributed by atoms with Crippen LogP contribution in [0.5, 0.6) is 0 Å². The first-order chi connectivity index (χ1) is 12.3. The quantitative estimate of drug-likeness (QED) is 0.602. The molecule has 1 saturated heterocycles. The molecule has 1 fully saturated rings. The van der Waals surface area contributed by atoms with Gasteiger partial charge in [0.25, 0.3) is 5.91 Å². The van der Waals surface area contributed by atoms with E-state index in [9.17, 15) is 9.59 Å². The number of hydrogen-bond donors (Lipinski definition) is 1. The second-order valence-corrected chi connectivity index (χ2v) is 7.92. The Morgan fingerprint density at radius 2 is 1.88 bits per heavy atom. The van der Waals surface area contributed by atoms with Crippen LogP contribution in [0.2, 0.25) is 5.02 Å². The number of nitrogens with zero attached hydrogens (tertiary/aromatic N) is 4. The van der Waals surface area contributed by atoms with Gasteiger partial charge in [-0.25, -0.2) is 4.79 Å². The van der Waals surface area contributed by atoms with Crippen molar-refractivity contribution in [3.05, 3.63) is 29.3 Å². The standard InChI is InChI=1S/C17H20ClN5O2S/c1-4-22-13(11-5-7-12(18)8-6-11)20-21-16(22)26-10-9-23-14(24)17(2,3)19-15(23)25/h5-8H,4,9-10H2,1-3H3,(H,19,25). The number of hydrogen-bond acceptors (Lipinski definition) is 5. The maximum Gasteiger partial charge on any atom is 0.325 e. The van der Waals surface area contributed by atoms with Crippen molar-refractivity contribution >= 4 is 35.3 Å². The van der Waals surface area contributed by atoms with Gasteiger partial charge in [-0.1, -0.05) is 23.4 Å². The van der Waals surface area contributed by atoms with Gasteiger partial charge >= 0.3 is 6.03 Å². The van der Waals surface area contributed by atoms with Crippen molar-refractivity contribution in [2.75, 3.05) is 12.3 Å². The first-order valence-electron chi connectivity index (χ1n) is 8.29. The highest BCUT2D eigenvalue weighted by Crippen LogP contribution is 2.25. The molecule has 0 radical (unpaired) electrons. The zero-order valence-corrected chi connectivity index (χ0v) is 16.4. The van der Waals surface area contributed by atoms with Crippen molar-refractivity contribution in [1.82, 2.24) is 25.0 Å². The maximum absolute atomic E-state index is 12.2. The van der Waals surface area contributed by atoms with Crippen LogP contribution in [-0.2, 0) is 11.3 Å². The Balaban J connectivity index is 1.69. The third-order valence-electron chi connectivity index (χ3n) is 4.13. The molecule has 0 spiro atoms. The number of thioether (sulfide) groups is 1. The molecule has 3 amide bonds. The van der Waals surface area contributed by atoms with Gasteiger partial charge in [0.05, 0.1) is 0 Å². The van der Waals surface area contributed by atoms with Gasteiger partial charge < -0.3 is 9.88 Å². The molecule has 0 unspecified atom stereocenters. The summed E-state index contributed by atoms with van der Waals surface area (Å²) in [5.74, 6) is 1.11. The first-order valence-corrected chi connectivity index (χ1v) is 9.66. The number of aromatic nitrogens is 3. The molecule has 1 aliphatic heterocycles. The van der Waals surface area contributed by atoms with Crippen molar-refractivity contribution < 1.29 is 9.59 Å².